The maximum atomic E-state index is 13.2. The van der Waals surface area contributed by atoms with E-state index in [1.54, 1.807) is 17.7 Å². The zero-order valence-corrected chi connectivity index (χ0v) is 18.2. The smallest absolute Gasteiger partial charge is 0.262 e. The number of nitrogens with zero attached hydrogens (tertiary/aromatic N) is 3. The number of hydrogen-bond acceptors (Lipinski definition) is 5. The Morgan fingerprint density at radius 2 is 1.90 bits per heavy atom. The van der Waals surface area contributed by atoms with Crippen molar-refractivity contribution in [3.63, 3.8) is 0 Å². The normalized spacial score (nSPS) is 15.2. The van der Waals surface area contributed by atoms with Crippen LogP contribution in [0.2, 0.25) is 0 Å². The fourth-order valence-electron chi connectivity index (χ4n) is 3.91. The van der Waals surface area contributed by atoms with Crippen LogP contribution in [0.25, 0.3) is 10.9 Å². The van der Waals surface area contributed by atoms with E-state index in [1.807, 2.05) is 55.1 Å². The first kappa shape index (κ1) is 20.6. The molecule has 1 aliphatic rings. The summed E-state index contributed by atoms with van der Waals surface area (Å²) in [5, 5.41) is 0.721. The summed E-state index contributed by atoms with van der Waals surface area (Å²) in [6, 6.07) is 15.1. The van der Waals surface area contributed by atoms with Gasteiger partial charge in [0.1, 0.15) is 0 Å². The number of para-hydroxylation sites is 2. The monoisotopic (exact) mass is 423 g/mol. The molecular weight excluding hydrogens is 398 g/mol. The highest BCUT2D eigenvalue weighted by molar-refractivity contribution is 8.00. The Balaban J connectivity index is 1.68. The van der Waals surface area contributed by atoms with Gasteiger partial charge >= 0.3 is 0 Å². The standard InChI is InChI=1S/C23H25N3O3S/c1-15(14-29-3)26-22(28)18-9-5-6-10-19(18)24-23(26)30-16(2)21(27)25-13-12-17-8-4-7-11-20(17)25/h4-11,15-16H,12-14H2,1-3H3/t15-,16+/m0/s1. The van der Waals surface area contributed by atoms with Gasteiger partial charge < -0.3 is 9.64 Å². The van der Waals surface area contributed by atoms with Crippen LogP contribution < -0.4 is 10.5 Å². The predicted octanol–water partition coefficient (Wildman–Crippen LogP) is 3.67. The zero-order chi connectivity index (χ0) is 21.3. The quantitative estimate of drug-likeness (QED) is 0.447. The largest absolute Gasteiger partial charge is 0.383 e. The molecule has 0 spiro atoms. The second-order valence-electron chi connectivity index (χ2n) is 7.52. The molecule has 4 rings (SSSR count). The molecular formula is C23H25N3O3S. The molecule has 0 fully saturated rings. The third kappa shape index (κ3) is 3.75. The number of hydrogen-bond donors (Lipinski definition) is 0. The van der Waals surface area contributed by atoms with Crippen LogP contribution in [0, 0.1) is 0 Å². The van der Waals surface area contributed by atoms with Crippen LogP contribution in [0.1, 0.15) is 25.5 Å². The maximum Gasteiger partial charge on any atom is 0.262 e. The summed E-state index contributed by atoms with van der Waals surface area (Å²) in [6.45, 7) is 4.87. The van der Waals surface area contributed by atoms with Crippen molar-refractivity contribution < 1.29 is 9.53 Å². The predicted molar refractivity (Wildman–Crippen MR) is 120 cm³/mol. The van der Waals surface area contributed by atoms with E-state index in [-0.39, 0.29) is 22.8 Å². The van der Waals surface area contributed by atoms with Crippen LogP contribution in [-0.4, -0.2) is 41.0 Å². The Kier molecular flexibility index (Phi) is 5.92. The van der Waals surface area contributed by atoms with Crippen LogP contribution in [-0.2, 0) is 16.0 Å². The molecule has 2 aromatic carbocycles. The lowest BCUT2D eigenvalue weighted by Crippen LogP contribution is -2.36. The molecule has 0 aliphatic carbocycles. The van der Waals surface area contributed by atoms with E-state index in [9.17, 15) is 9.59 Å². The van der Waals surface area contributed by atoms with Crippen LogP contribution >= 0.6 is 11.8 Å². The SMILES string of the molecule is COC[C@H](C)n1c(S[C@H](C)C(=O)N2CCc3ccccc32)nc2ccccc2c1=O. The molecule has 3 aromatic rings. The van der Waals surface area contributed by atoms with Crippen molar-refractivity contribution in [1.82, 2.24) is 9.55 Å². The number of aromatic nitrogens is 2. The van der Waals surface area contributed by atoms with Gasteiger partial charge in [0.2, 0.25) is 5.91 Å². The first-order valence-corrected chi connectivity index (χ1v) is 11.0. The molecule has 0 bridgehead atoms. The summed E-state index contributed by atoms with van der Waals surface area (Å²) >= 11 is 1.33. The molecule has 6 nitrogen and oxygen atoms in total. The molecule has 1 aliphatic heterocycles. The number of rotatable bonds is 6. The third-order valence-electron chi connectivity index (χ3n) is 5.41. The summed E-state index contributed by atoms with van der Waals surface area (Å²) < 4.78 is 6.93. The Bertz CT molecular complexity index is 1140. The first-order valence-electron chi connectivity index (χ1n) is 10.1. The van der Waals surface area contributed by atoms with E-state index in [2.05, 4.69) is 6.07 Å². The Morgan fingerprint density at radius 3 is 2.70 bits per heavy atom. The lowest BCUT2D eigenvalue weighted by atomic mass is 10.2. The third-order valence-corrected chi connectivity index (χ3v) is 6.46. The van der Waals surface area contributed by atoms with Crippen molar-refractivity contribution in [3.8, 4) is 0 Å². The van der Waals surface area contributed by atoms with Crippen LogP contribution in [0.15, 0.2) is 58.5 Å². The fraction of sp³-hybridized carbons (Fsp3) is 0.348. The highest BCUT2D eigenvalue weighted by Crippen LogP contribution is 2.32. The molecule has 2 atom stereocenters. The van der Waals surface area contributed by atoms with E-state index in [0.717, 1.165) is 12.1 Å². The molecule has 0 saturated heterocycles. The van der Waals surface area contributed by atoms with Crippen LogP contribution in [0.5, 0.6) is 0 Å². The highest BCUT2D eigenvalue weighted by atomic mass is 32.2. The maximum absolute atomic E-state index is 13.2. The summed E-state index contributed by atoms with van der Waals surface area (Å²) in [4.78, 5) is 33.0. The van der Waals surface area contributed by atoms with Crippen LogP contribution in [0.4, 0.5) is 5.69 Å². The van der Waals surface area contributed by atoms with E-state index in [1.165, 1.54) is 17.3 Å². The average molecular weight is 424 g/mol. The first-order chi connectivity index (χ1) is 14.5. The molecule has 1 aromatic heterocycles. The van der Waals surface area contributed by atoms with E-state index >= 15 is 0 Å². The van der Waals surface area contributed by atoms with Crippen molar-refractivity contribution in [1.29, 1.82) is 0 Å². The number of benzene rings is 2. The molecule has 1 amide bonds. The number of amides is 1. The molecule has 0 radical (unpaired) electrons. The number of fused-ring (bicyclic) bond motifs is 2. The lowest BCUT2D eigenvalue weighted by molar-refractivity contribution is -0.117. The average Bonchev–Trinajstić information content (AvgIpc) is 3.17. The number of anilines is 1. The zero-order valence-electron chi connectivity index (χ0n) is 17.4. The number of carbonyl (C=O) groups excluding carboxylic acids is 1. The van der Waals surface area contributed by atoms with Gasteiger partial charge in [-0.2, -0.15) is 0 Å². The summed E-state index contributed by atoms with van der Waals surface area (Å²) in [5.41, 5.74) is 2.69. The topological polar surface area (TPSA) is 64.4 Å². The summed E-state index contributed by atoms with van der Waals surface area (Å²) in [5.74, 6) is 0.0262. The van der Waals surface area contributed by atoms with Gasteiger partial charge in [-0.3, -0.25) is 14.2 Å². The lowest BCUT2D eigenvalue weighted by Gasteiger charge is -2.23. The summed E-state index contributed by atoms with van der Waals surface area (Å²) in [6.07, 6.45) is 0.864. The van der Waals surface area contributed by atoms with Gasteiger partial charge in [0, 0.05) is 19.3 Å². The fourth-order valence-corrected chi connectivity index (χ4v) is 4.98. The van der Waals surface area contributed by atoms with Gasteiger partial charge in [0.15, 0.2) is 5.16 Å². The van der Waals surface area contributed by atoms with E-state index in [0.29, 0.717) is 29.2 Å². The number of thioether (sulfide) groups is 1. The van der Waals surface area contributed by atoms with Gasteiger partial charge in [0.05, 0.1) is 28.8 Å². The molecule has 156 valence electrons. The van der Waals surface area contributed by atoms with Crippen molar-refractivity contribution in [2.75, 3.05) is 25.2 Å². The Morgan fingerprint density at radius 1 is 1.17 bits per heavy atom. The number of methoxy groups -OCH3 is 1. The van der Waals surface area contributed by atoms with Crippen molar-refractivity contribution >= 4 is 34.3 Å². The number of ether oxygens (including phenoxy) is 1. The van der Waals surface area contributed by atoms with Gasteiger partial charge in [-0.1, -0.05) is 42.1 Å². The van der Waals surface area contributed by atoms with Crippen molar-refractivity contribution in [3.05, 3.63) is 64.4 Å². The van der Waals surface area contributed by atoms with Crippen molar-refractivity contribution in [2.24, 2.45) is 0 Å². The van der Waals surface area contributed by atoms with Gasteiger partial charge in [0.25, 0.3) is 5.56 Å². The Hall–Kier alpha value is -2.64. The molecule has 30 heavy (non-hydrogen) atoms. The van der Waals surface area contributed by atoms with Gasteiger partial charge in [-0.15, -0.1) is 0 Å². The molecule has 0 N–H and O–H groups in total. The van der Waals surface area contributed by atoms with Crippen LogP contribution in [0.3, 0.4) is 0 Å². The summed E-state index contributed by atoms with van der Waals surface area (Å²) in [7, 11) is 1.61. The Labute approximate surface area is 179 Å². The minimum atomic E-state index is -0.384. The van der Waals surface area contributed by atoms with E-state index < -0.39 is 0 Å². The molecule has 0 saturated carbocycles. The van der Waals surface area contributed by atoms with E-state index in [4.69, 9.17) is 9.72 Å². The molecule has 2 heterocycles. The second kappa shape index (κ2) is 8.62. The number of carbonyl (C=O) groups is 1. The van der Waals surface area contributed by atoms with Gasteiger partial charge in [-0.05, 0) is 44.0 Å². The molecule has 0 unspecified atom stereocenters. The minimum Gasteiger partial charge on any atom is -0.383 e. The second-order valence-corrected chi connectivity index (χ2v) is 8.83. The van der Waals surface area contributed by atoms with Crippen molar-refractivity contribution in [2.45, 2.75) is 36.7 Å². The highest BCUT2D eigenvalue weighted by Gasteiger charge is 2.29. The minimum absolute atomic E-state index is 0.0262. The van der Waals surface area contributed by atoms with Gasteiger partial charge in [-0.25, -0.2) is 4.98 Å². The molecule has 7 heteroatoms.